The molecule has 0 spiro atoms. The number of ether oxygens (including phenoxy) is 1. The molecule has 8 nitrogen and oxygen atoms in total. The molecule has 0 radical (unpaired) electrons. The lowest BCUT2D eigenvalue weighted by molar-refractivity contribution is -0.385. The van der Waals surface area contributed by atoms with Crippen molar-refractivity contribution in [2.45, 2.75) is 13.0 Å². The van der Waals surface area contributed by atoms with Crippen molar-refractivity contribution >= 4 is 17.3 Å². The Kier molecular flexibility index (Phi) is 4.98. The van der Waals surface area contributed by atoms with Gasteiger partial charge < -0.3 is 4.74 Å². The number of carbonyl (C=O) groups excluding carboxylic acids is 1. The Morgan fingerprint density at radius 2 is 1.57 bits per heavy atom. The Morgan fingerprint density at radius 1 is 0.913 bits per heavy atom. The number of hydrogen-bond donors (Lipinski definition) is 0. The minimum absolute atomic E-state index is 0.0348. The fraction of sp³-hybridized carbons (Fsp3) is 0.133. The van der Waals surface area contributed by atoms with E-state index >= 15 is 0 Å². The number of benzene rings is 2. The summed E-state index contributed by atoms with van der Waals surface area (Å²) in [5, 5.41) is 21.2. The lowest BCUT2D eigenvalue weighted by Gasteiger charge is -2.05. The maximum absolute atomic E-state index is 11.7. The summed E-state index contributed by atoms with van der Waals surface area (Å²) in [6.07, 6.45) is -0.0348. The van der Waals surface area contributed by atoms with Crippen LogP contribution in [0.2, 0.25) is 0 Å². The molecule has 0 aliphatic carbocycles. The second-order valence-corrected chi connectivity index (χ2v) is 4.69. The lowest BCUT2D eigenvalue weighted by Crippen LogP contribution is -2.08. The average molecular weight is 316 g/mol. The SMILES string of the molecule is O=C(Cc1ccc([N+](=O)[O-])cc1)OCc1cccc([N+](=O)[O-])c1. The van der Waals surface area contributed by atoms with Crippen LogP contribution in [0.5, 0.6) is 0 Å². The van der Waals surface area contributed by atoms with Crippen LogP contribution in [-0.4, -0.2) is 15.8 Å². The smallest absolute Gasteiger partial charge is 0.310 e. The first kappa shape index (κ1) is 16.1. The van der Waals surface area contributed by atoms with E-state index in [2.05, 4.69) is 0 Å². The third-order valence-electron chi connectivity index (χ3n) is 3.02. The summed E-state index contributed by atoms with van der Waals surface area (Å²) in [6, 6.07) is 11.4. The predicted octanol–water partition coefficient (Wildman–Crippen LogP) is 2.79. The maximum Gasteiger partial charge on any atom is 0.310 e. The van der Waals surface area contributed by atoms with Crippen molar-refractivity contribution in [1.29, 1.82) is 0 Å². The van der Waals surface area contributed by atoms with E-state index in [9.17, 15) is 25.0 Å². The van der Waals surface area contributed by atoms with Crippen molar-refractivity contribution in [3.05, 3.63) is 79.9 Å². The number of carbonyl (C=O) groups is 1. The van der Waals surface area contributed by atoms with E-state index in [1.807, 2.05) is 0 Å². The van der Waals surface area contributed by atoms with Gasteiger partial charge >= 0.3 is 5.97 Å². The molecular formula is C15H12N2O6. The van der Waals surface area contributed by atoms with Crippen molar-refractivity contribution in [1.82, 2.24) is 0 Å². The quantitative estimate of drug-likeness (QED) is 0.460. The van der Waals surface area contributed by atoms with E-state index < -0.39 is 15.8 Å². The highest BCUT2D eigenvalue weighted by Gasteiger charge is 2.10. The summed E-state index contributed by atoms with van der Waals surface area (Å²) in [7, 11) is 0. The van der Waals surface area contributed by atoms with Gasteiger partial charge in [0.2, 0.25) is 0 Å². The van der Waals surface area contributed by atoms with Crippen LogP contribution in [0.3, 0.4) is 0 Å². The molecule has 0 saturated carbocycles. The van der Waals surface area contributed by atoms with Crippen LogP contribution in [-0.2, 0) is 22.6 Å². The van der Waals surface area contributed by atoms with Crippen LogP contribution in [0.25, 0.3) is 0 Å². The molecule has 0 bridgehead atoms. The Hall–Kier alpha value is -3.29. The molecule has 118 valence electrons. The zero-order chi connectivity index (χ0) is 16.8. The first-order valence-corrected chi connectivity index (χ1v) is 6.58. The zero-order valence-corrected chi connectivity index (χ0v) is 11.9. The molecule has 0 atom stereocenters. The molecule has 0 amide bonds. The van der Waals surface area contributed by atoms with E-state index in [4.69, 9.17) is 4.74 Å². The molecule has 2 aromatic rings. The Labute approximate surface area is 130 Å². The Bertz CT molecular complexity index is 742. The molecule has 0 aromatic heterocycles. The topological polar surface area (TPSA) is 113 Å². The Morgan fingerprint density at radius 3 is 2.17 bits per heavy atom. The van der Waals surface area contributed by atoms with Gasteiger partial charge in [0, 0.05) is 24.3 Å². The molecule has 0 N–H and O–H groups in total. The fourth-order valence-corrected chi connectivity index (χ4v) is 1.88. The predicted molar refractivity (Wildman–Crippen MR) is 79.7 cm³/mol. The number of nitro groups is 2. The van der Waals surface area contributed by atoms with Crippen molar-refractivity contribution in [2.24, 2.45) is 0 Å². The molecule has 0 saturated heterocycles. The molecule has 23 heavy (non-hydrogen) atoms. The van der Waals surface area contributed by atoms with Crippen molar-refractivity contribution in [2.75, 3.05) is 0 Å². The van der Waals surface area contributed by atoms with Gasteiger partial charge in [-0.15, -0.1) is 0 Å². The third-order valence-corrected chi connectivity index (χ3v) is 3.02. The highest BCUT2D eigenvalue weighted by molar-refractivity contribution is 5.72. The summed E-state index contributed by atoms with van der Waals surface area (Å²) >= 11 is 0. The minimum atomic E-state index is -0.526. The molecule has 2 rings (SSSR count). The molecule has 0 aliphatic rings. The summed E-state index contributed by atoms with van der Waals surface area (Å²) in [5.41, 5.74) is 0.962. The number of esters is 1. The van der Waals surface area contributed by atoms with E-state index in [0.717, 1.165) is 0 Å². The second kappa shape index (κ2) is 7.12. The number of nitro benzene ring substituents is 2. The summed E-state index contributed by atoms with van der Waals surface area (Å²) in [5.74, 6) is -0.523. The molecule has 0 aliphatic heterocycles. The van der Waals surface area contributed by atoms with Crippen LogP contribution < -0.4 is 0 Å². The lowest BCUT2D eigenvalue weighted by atomic mass is 10.1. The highest BCUT2D eigenvalue weighted by Crippen LogP contribution is 2.15. The summed E-state index contributed by atoms with van der Waals surface area (Å²) in [6.45, 7) is -0.0759. The normalized spacial score (nSPS) is 10.1. The minimum Gasteiger partial charge on any atom is -0.461 e. The number of rotatable bonds is 6. The van der Waals surface area contributed by atoms with Crippen LogP contribution >= 0.6 is 0 Å². The van der Waals surface area contributed by atoms with Gasteiger partial charge in [-0.25, -0.2) is 0 Å². The van der Waals surface area contributed by atoms with Gasteiger partial charge in [0.15, 0.2) is 0 Å². The van der Waals surface area contributed by atoms with Crippen LogP contribution in [0.1, 0.15) is 11.1 Å². The highest BCUT2D eigenvalue weighted by atomic mass is 16.6. The Balaban J connectivity index is 1.91. The van der Waals surface area contributed by atoms with Crippen molar-refractivity contribution in [3.8, 4) is 0 Å². The van der Waals surface area contributed by atoms with Crippen molar-refractivity contribution < 1.29 is 19.4 Å². The van der Waals surface area contributed by atoms with Gasteiger partial charge in [-0.05, 0) is 11.1 Å². The standard InChI is InChI=1S/C15H12N2O6/c18-15(9-11-4-6-13(7-5-11)16(19)20)23-10-12-2-1-3-14(8-12)17(21)22/h1-8H,9-10H2. The molecular weight excluding hydrogens is 304 g/mol. The van der Waals surface area contributed by atoms with E-state index in [1.54, 1.807) is 6.07 Å². The number of hydrogen-bond acceptors (Lipinski definition) is 6. The van der Waals surface area contributed by atoms with Gasteiger partial charge in [0.25, 0.3) is 11.4 Å². The maximum atomic E-state index is 11.7. The van der Waals surface area contributed by atoms with Gasteiger partial charge in [-0.1, -0.05) is 24.3 Å². The van der Waals surface area contributed by atoms with Crippen LogP contribution in [0, 0.1) is 20.2 Å². The van der Waals surface area contributed by atoms with Crippen LogP contribution in [0.15, 0.2) is 48.5 Å². The molecule has 0 fully saturated rings. The van der Waals surface area contributed by atoms with Gasteiger partial charge in [-0.2, -0.15) is 0 Å². The summed E-state index contributed by atoms with van der Waals surface area (Å²) < 4.78 is 5.05. The van der Waals surface area contributed by atoms with Gasteiger partial charge in [-0.3, -0.25) is 25.0 Å². The zero-order valence-electron chi connectivity index (χ0n) is 11.9. The van der Waals surface area contributed by atoms with Crippen LogP contribution in [0.4, 0.5) is 11.4 Å². The fourth-order valence-electron chi connectivity index (χ4n) is 1.88. The van der Waals surface area contributed by atoms with Gasteiger partial charge in [0.1, 0.15) is 6.61 Å². The second-order valence-electron chi connectivity index (χ2n) is 4.69. The largest absolute Gasteiger partial charge is 0.461 e. The molecule has 2 aromatic carbocycles. The molecule has 8 heteroatoms. The average Bonchev–Trinajstić information content (AvgIpc) is 2.53. The first-order valence-electron chi connectivity index (χ1n) is 6.58. The van der Waals surface area contributed by atoms with E-state index in [-0.39, 0.29) is 24.4 Å². The summed E-state index contributed by atoms with van der Waals surface area (Å²) in [4.78, 5) is 31.9. The van der Waals surface area contributed by atoms with Crippen molar-refractivity contribution in [3.63, 3.8) is 0 Å². The van der Waals surface area contributed by atoms with Gasteiger partial charge in [0.05, 0.1) is 16.3 Å². The molecule has 0 heterocycles. The van der Waals surface area contributed by atoms with E-state index in [0.29, 0.717) is 11.1 Å². The monoisotopic (exact) mass is 316 g/mol. The first-order chi connectivity index (χ1) is 11.0. The van der Waals surface area contributed by atoms with E-state index in [1.165, 1.54) is 42.5 Å². The number of non-ortho nitro benzene ring substituents is 2. The molecule has 0 unspecified atom stereocenters. The number of nitrogens with zero attached hydrogens (tertiary/aromatic N) is 2. The third kappa shape index (κ3) is 4.60.